The Bertz CT molecular complexity index is 851. The number of nitrogens with one attached hydrogen (secondary N) is 1. The molecule has 0 radical (unpaired) electrons. The number of phenolic OH excluding ortho intramolecular Hbond substituents is 1. The monoisotopic (exact) mass is 284 g/mol. The van der Waals surface area contributed by atoms with E-state index in [4.69, 9.17) is 27.6 Å². The van der Waals surface area contributed by atoms with Gasteiger partial charge in [-0.05, 0) is 13.0 Å². The first-order valence-corrected chi connectivity index (χ1v) is 5.74. The van der Waals surface area contributed by atoms with Crippen LogP contribution in [-0.4, -0.2) is 15.3 Å². The van der Waals surface area contributed by atoms with Crippen LogP contribution < -0.4 is 5.43 Å². The van der Waals surface area contributed by atoms with Crippen LogP contribution in [0.4, 0.5) is 0 Å². The molecule has 2 heterocycles. The number of aryl methyl sites for hydroxylation is 1. The van der Waals surface area contributed by atoms with Crippen molar-refractivity contribution in [1.82, 2.24) is 10.2 Å². The van der Waals surface area contributed by atoms with Crippen LogP contribution in [0, 0.1) is 6.92 Å². The molecular formula is C11H6Cl2N2O3. The molecule has 0 spiro atoms. The van der Waals surface area contributed by atoms with Crippen LogP contribution in [0.5, 0.6) is 5.75 Å². The Labute approximate surface area is 110 Å². The van der Waals surface area contributed by atoms with Crippen LogP contribution >= 0.6 is 23.2 Å². The van der Waals surface area contributed by atoms with E-state index in [9.17, 15) is 9.90 Å². The summed E-state index contributed by atoms with van der Waals surface area (Å²) in [5.41, 5.74) is 0.650. The van der Waals surface area contributed by atoms with Crippen molar-refractivity contribution in [3.8, 4) is 5.75 Å². The van der Waals surface area contributed by atoms with Crippen LogP contribution in [0.3, 0.4) is 0 Å². The van der Waals surface area contributed by atoms with Crippen LogP contribution in [0.15, 0.2) is 15.3 Å². The number of phenols is 1. The quantitative estimate of drug-likeness (QED) is 0.665. The van der Waals surface area contributed by atoms with Gasteiger partial charge in [0.25, 0.3) is 0 Å². The zero-order valence-corrected chi connectivity index (χ0v) is 10.6. The van der Waals surface area contributed by atoms with E-state index < -0.39 is 5.43 Å². The summed E-state index contributed by atoms with van der Waals surface area (Å²) in [6.07, 6.45) is 0. The van der Waals surface area contributed by atoms with Crippen molar-refractivity contribution >= 4 is 45.3 Å². The van der Waals surface area contributed by atoms with Gasteiger partial charge < -0.3 is 9.52 Å². The third-order valence-corrected chi connectivity index (χ3v) is 3.27. The first-order chi connectivity index (χ1) is 8.50. The standard InChI is InChI=1S/C11H6Cl2N2O3/c1-3-10-7(15-14-3)9(17)6-8(16)4(12)2-5(13)11(6)18-10/h2,16H,1H3,(H,14,15). The molecule has 7 heteroatoms. The molecule has 0 unspecified atom stereocenters. The van der Waals surface area contributed by atoms with E-state index in [0.29, 0.717) is 11.3 Å². The van der Waals surface area contributed by atoms with Crippen LogP contribution in [0.2, 0.25) is 10.0 Å². The average Bonchev–Trinajstić information content (AvgIpc) is 2.69. The largest absolute Gasteiger partial charge is 0.505 e. The van der Waals surface area contributed by atoms with Gasteiger partial charge in [0.05, 0.1) is 15.7 Å². The summed E-state index contributed by atoms with van der Waals surface area (Å²) in [6, 6.07) is 1.32. The van der Waals surface area contributed by atoms with Crippen molar-refractivity contribution < 1.29 is 9.52 Å². The molecule has 0 atom stereocenters. The summed E-state index contributed by atoms with van der Waals surface area (Å²) in [5, 5.41) is 16.4. The highest BCUT2D eigenvalue weighted by Crippen LogP contribution is 2.36. The SMILES string of the molecule is Cc1[nH]nc2c(=O)c3c(O)c(Cl)cc(Cl)c3oc12. The van der Waals surface area contributed by atoms with Crippen LogP contribution in [0.25, 0.3) is 22.1 Å². The molecule has 2 N–H and O–H groups in total. The number of nitrogens with zero attached hydrogens (tertiary/aromatic N) is 1. The van der Waals surface area contributed by atoms with E-state index in [1.165, 1.54) is 6.07 Å². The predicted molar refractivity (Wildman–Crippen MR) is 68.6 cm³/mol. The zero-order chi connectivity index (χ0) is 13.0. The number of halogens is 2. The van der Waals surface area contributed by atoms with Crippen molar-refractivity contribution in [1.29, 1.82) is 0 Å². The van der Waals surface area contributed by atoms with Gasteiger partial charge in [-0.2, -0.15) is 5.10 Å². The van der Waals surface area contributed by atoms with Crippen molar-refractivity contribution in [3.63, 3.8) is 0 Å². The topological polar surface area (TPSA) is 79.1 Å². The first kappa shape index (κ1) is 11.4. The Kier molecular flexibility index (Phi) is 2.30. The maximum Gasteiger partial charge on any atom is 0.224 e. The van der Waals surface area contributed by atoms with Crippen LogP contribution in [0.1, 0.15) is 5.69 Å². The summed E-state index contributed by atoms with van der Waals surface area (Å²) in [5.74, 6) is -0.354. The van der Waals surface area contributed by atoms with Crippen molar-refractivity contribution in [2.75, 3.05) is 0 Å². The molecule has 0 aliphatic carbocycles. The second-order valence-electron chi connectivity index (χ2n) is 3.85. The Morgan fingerprint density at radius 2 is 2.06 bits per heavy atom. The second-order valence-corrected chi connectivity index (χ2v) is 4.66. The Balaban J connectivity index is 2.70. The van der Waals surface area contributed by atoms with Crippen molar-refractivity contribution in [3.05, 3.63) is 32.0 Å². The predicted octanol–water partition coefficient (Wildman–Crippen LogP) is 2.99. The number of aromatic amines is 1. The molecule has 5 nitrogen and oxygen atoms in total. The highest BCUT2D eigenvalue weighted by Gasteiger charge is 2.19. The molecule has 0 bridgehead atoms. The van der Waals surface area contributed by atoms with Gasteiger partial charge in [-0.3, -0.25) is 9.89 Å². The molecule has 2 aromatic heterocycles. The molecule has 0 saturated carbocycles. The van der Waals surface area contributed by atoms with E-state index in [2.05, 4.69) is 10.2 Å². The molecule has 0 aliphatic heterocycles. The number of hydrogen-bond acceptors (Lipinski definition) is 4. The molecule has 18 heavy (non-hydrogen) atoms. The smallest absolute Gasteiger partial charge is 0.224 e. The Hall–Kier alpha value is -1.72. The molecule has 0 fully saturated rings. The lowest BCUT2D eigenvalue weighted by molar-refractivity contribution is 0.480. The number of fused-ring (bicyclic) bond motifs is 2. The number of H-pyrrole nitrogens is 1. The van der Waals surface area contributed by atoms with E-state index in [1.807, 2.05) is 0 Å². The Morgan fingerprint density at radius 1 is 1.33 bits per heavy atom. The average molecular weight is 285 g/mol. The summed E-state index contributed by atoms with van der Waals surface area (Å²) in [6.45, 7) is 1.72. The number of rotatable bonds is 0. The highest BCUT2D eigenvalue weighted by molar-refractivity contribution is 6.39. The van der Waals surface area contributed by atoms with E-state index in [0.717, 1.165) is 0 Å². The number of aromatic nitrogens is 2. The lowest BCUT2D eigenvalue weighted by atomic mass is 10.2. The molecular weight excluding hydrogens is 279 g/mol. The fourth-order valence-electron chi connectivity index (χ4n) is 1.82. The van der Waals surface area contributed by atoms with Gasteiger partial charge in [-0.15, -0.1) is 0 Å². The minimum absolute atomic E-state index is 0.00796. The third-order valence-electron chi connectivity index (χ3n) is 2.70. The lowest BCUT2D eigenvalue weighted by Gasteiger charge is -2.04. The van der Waals surface area contributed by atoms with Crippen molar-refractivity contribution in [2.45, 2.75) is 6.92 Å². The number of benzene rings is 1. The molecule has 1 aromatic carbocycles. The van der Waals surface area contributed by atoms with E-state index in [1.54, 1.807) is 6.92 Å². The minimum Gasteiger partial charge on any atom is -0.505 e. The van der Waals surface area contributed by atoms with Gasteiger partial charge in [0, 0.05) is 0 Å². The normalized spacial score (nSPS) is 11.5. The van der Waals surface area contributed by atoms with E-state index >= 15 is 0 Å². The Morgan fingerprint density at radius 3 is 2.78 bits per heavy atom. The van der Waals surface area contributed by atoms with Gasteiger partial charge in [0.15, 0.2) is 16.7 Å². The zero-order valence-electron chi connectivity index (χ0n) is 9.04. The van der Waals surface area contributed by atoms with Gasteiger partial charge in [0.1, 0.15) is 11.1 Å². The summed E-state index contributed by atoms with van der Waals surface area (Å²) in [4.78, 5) is 12.2. The number of hydrogen-bond donors (Lipinski definition) is 2. The van der Waals surface area contributed by atoms with E-state index in [-0.39, 0.29) is 32.3 Å². The van der Waals surface area contributed by atoms with Gasteiger partial charge in [-0.25, -0.2) is 0 Å². The summed E-state index contributed by atoms with van der Waals surface area (Å²) < 4.78 is 5.52. The van der Waals surface area contributed by atoms with Gasteiger partial charge in [-0.1, -0.05) is 23.2 Å². The second kappa shape index (κ2) is 3.63. The maximum atomic E-state index is 12.2. The van der Waals surface area contributed by atoms with Crippen LogP contribution in [-0.2, 0) is 0 Å². The summed E-state index contributed by atoms with van der Waals surface area (Å²) in [7, 11) is 0. The van der Waals surface area contributed by atoms with Crippen molar-refractivity contribution in [2.24, 2.45) is 0 Å². The molecule has 0 aliphatic rings. The summed E-state index contributed by atoms with van der Waals surface area (Å²) >= 11 is 11.7. The number of aromatic hydroxyl groups is 1. The third kappa shape index (κ3) is 1.34. The maximum absolute atomic E-state index is 12.2. The molecule has 3 rings (SSSR count). The molecule has 0 amide bonds. The highest BCUT2D eigenvalue weighted by atomic mass is 35.5. The molecule has 0 saturated heterocycles. The molecule has 3 aromatic rings. The minimum atomic E-state index is -0.475. The fraction of sp³-hybridized carbons (Fsp3) is 0.0909. The first-order valence-electron chi connectivity index (χ1n) is 4.99. The van der Waals surface area contributed by atoms with Gasteiger partial charge >= 0.3 is 0 Å². The van der Waals surface area contributed by atoms with Gasteiger partial charge in [0.2, 0.25) is 5.43 Å². The molecule has 92 valence electrons. The lowest BCUT2D eigenvalue weighted by Crippen LogP contribution is -2.03. The fourth-order valence-corrected chi connectivity index (χ4v) is 2.32.